The van der Waals surface area contributed by atoms with E-state index in [2.05, 4.69) is 12.2 Å². The number of hydrogen-bond donors (Lipinski definition) is 2. The maximum absolute atomic E-state index is 9.97. The molecule has 2 rings (SSSR count). The van der Waals surface area contributed by atoms with E-state index < -0.39 is 6.10 Å². The van der Waals surface area contributed by atoms with Gasteiger partial charge in [-0.1, -0.05) is 30.9 Å². The van der Waals surface area contributed by atoms with Gasteiger partial charge in [-0.3, -0.25) is 0 Å². The fourth-order valence-corrected chi connectivity index (χ4v) is 3.60. The minimum atomic E-state index is -0.449. The predicted octanol–water partition coefficient (Wildman–Crippen LogP) is 3.76. The molecule has 1 aromatic heterocycles. The lowest BCUT2D eigenvalue weighted by molar-refractivity contribution is -0.0234. The Balaban J connectivity index is 1.62. The molecule has 2 unspecified atom stereocenters. The standard InChI is InChI=1S/C15H24ClNO2S/c1-11(14-7-8-15(16)20-14)17-9-12(18)10-19-13-5-3-2-4-6-13/h7-8,11-13,17-18H,2-6,9-10H2,1H3. The number of thiophene rings is 1. The Morgan fingerprint density at radius 2 is 2.15 bits per heavy atom. The van der Waals surface area contributed by atoms with Gasteiger partial charge in [0.25, 0.3) is 0 Å². The van der Waals surface area contributed by atoms with E-state index in [4.69, 9.17) is 16.3 Å². The summed E-state index contributed by atoms with van der Waals surface area (Å²) < 4.78 is 6.58. The number of halogens is 1. The topological polar surface area (TPSA) is 41.5 Å². The van der Waals surface area contributed by atoms with Gasteiger partial charge in [-0.15, -0.1) is 11.3 Å². The van der Waals surface area contributed by atoms with Crippen molar-refractivity contribution in [1.82, 2.24) is 5.32 Å². The van der Waals surface area contributed by atoms with Gasteiger partial charge in [0.2, 0.25) is 0 Å². The van der Waals surface area contributed by atoms with Crippen LogP contribution < -0.4 is 5.32 Å². The molecular weight excluding hydrogens is 294 g/mol. The maximum atomic E-state index is 9.97. The summed E-state index contributed by atoms with van der Waals surface area (Å²) in [6.45, 7) is 3.05. The third-order valence-electron chi connectivity index (χ3n) is 3.76. The molecule has 0 bridgehead atoms. The van der Waals surface area contributed by atoms with Crippen LogP contribution in [0.2, 0.25) is 4.34 Å². The van der Waals surface area contributed by atoms with Gasteiger partial charge in [0.15, 0.2) is 0 Å². The zero-order valence-electron chi connectivity index (χ0n) is 12.0. The van der Waals surface area contributed by atoms with Crippen LogP contribution in [0.4, 0.5) is 0 Å². The Kier molecular flexibility index (Phi) is 6.78. The Bertz CT molecular complexity index is 393. The van der Waals surface area contributed by atoms with E-state index >= 15 is 0 Å². The van der Waals surface area contributed by atoms with Crippen molar-refractivity contribution < 1.29 is 9.84 Å². The lowest BCUT2D eigenvalue weighted by atomic mass is 9.98. The van der Waals surface area contributed by atoms with E-state index in [0.29, 0.717) is 19.3 Å². The number of rotatable bonds is 7. The molecule has 1 aliphatic rings. The number of hydrogen-bond acceptors (Lipinski definition) is 4. The molecule has 20 heavy (non-hydrogen) atoms. The first-order valence-electron chi connectivity index (χ1n) is 7.43. The SMILES string of the molecule is CC(NCC(O)COC1CCCCC1)c1ccc(Cl)s1. The second-order valence-electron chi connectivity index (χ2n) is 5.52. The van der Waals surface area contributed by atoms with Gasteiger partial charge >= 0.3 is 0 Å². The third kappa shape index (κ3) is 5.34. The number of nitrogens with one attached hydrogen (secondary N) is 1. The smallest absolute Gasteiger partial charge is 0.0931 e. The van der Waals surface area contributed by atoms with Gasteiger partial charge in [0, 0.05) is 17.5 Å². The van der Waals surface area contributed by atoms with E-state index in [1.807, 2.05) is 12.1 Å². The number of aliphatic hydroxyl groups excluding tert-OH is 1. The van der Waals surface area contributed by atoms with Crippen LogP contribution >= 0.6 is 22.9 Å². The quantitative estimate of drug-likeness (QED) is 0.804. The van der Waals surface area contributed by atoms with Crippen LogP contribution in [0, 0.1) is 0 Å². The molecule has 0 amide bonds. The summed E-state index contributed by atoms with van der Waals surface area (Å²) in [5, 5.41) is 13.3. The predicted molar refractivity (Wildman–Crippen MR) is 84.6 cm³/mol. The van der Waals surface area contributed by atoms with Crippen LogP contribution in [0.1, 0.15) is 49.9 Å². The first-order chi connectivity index (χ1) is 9.65. The molecule has 1 aromatic rings. The van der Waals surface area contributed by atoms with Crippen LogP contribution in [0.3, 0.4) is 0 Å². The summed E-state index contributed by atoms with van der Waals surface area (Å²) in [6.07, 6.45) is 6.03. The molecule has 0 spiro atoms. The van der Waals surface area contributed by atoms with Gasteiger partial charge in [-0.25, -0.2) is 0 Å². The van der Waals surface area contributed by atoms with Crippen LogP contribution in [0.25, 0.3) is 0 Å². The summed E-state index contributed by atoms with van der Waals surface area (Å²) >= 11 is 7.50. The maximum Gasteiger partial charge on any atom is 0.0931 e. The summed E-state index contributed by atoms with van der Waals surface area (Å²) in [7, 11) is 0. The zero-order chi connectivity index (χ0) is 14.4. The molecule has 1 saturated carbocycles. The van der Waals surface area contributed by atoms with Gasteiger partial charge in [-0.2, -0.15) is 0 Å². The first kappa shape index (κ1) is 16.2. The van der Waals surface area contributed by atoms with Crippen molar-refractivity contribution in [3.8, 4) is 0 Å². The Morgan fingerprint density at radius 3 is 2.80 bits per heavy atom. The Morgan fingerprint density at radius 1 is 1.40 bits per heavy atom. The number of aliphatic hydroxyl groups is 1. The molecule has 0 saturated heterocycles. The van der Waals surface area contributed by atoms with Crippen molar-refractivity contribution in [3.05, 3.63) is 21.3 Å². The molecule has 1 aliphatic carbocycles. The average molecular weight is 318 g/mol. The highest BCUT2D eigenvalue weighted by atomic mass is 35.5. The van der Waals surface area contributed by atoms with Gasteiger partial charge in [0.1, 0.15) is 0 Å². The van der Waals surface area contributed by atoms with E-state index in [9.17, 15) is 5.11 Å². The van der Waals surface area contributed by atoms with Crippen LogP contribution in [0.15, 0.2) is 12.1 Å². The molecule has 1 heterocycles. The van der Waals surface area contributed by atoms with E-state index in [0.717, 1.165) is 17.2 Å². The molecule has 5 heteroatoms. The molecule has 114 valence electrons. The van der Waals surface area contributed by atoms with Crippen molar-refractivity contribution in [2.75, 3.05) is 13.2 Å². The molecular formula is C15H24ClNO2S. The molecule has 2 atom stereocenters. The molecule has 0 aliphatic heterocycles. The molecule has 0 radical (unpaired) electrons. The van der Waals surface area contributed by atoms with Crippen LogP contribution in [-0.2, 0) is 4.74 Å². The minimum absolute atomic E-state index is 0.205. The zero-order valence-corrected chi connectivity index (χ0v) is 13.6. The van der Waals surface area contributed by atoms with Crippen molar-refractivity contribution >= 4 is 22.9 Å². The highest BCUT2D eigenvalue weighted by Gasteiger charge is 2.16. The average Bonchev–Trinajstić information content (AvgIpc) is 2.90. The molecule has 0 aromatic carbocycles. The van der Waals surface area contributed by atoms with Crippen LogP contribution in [-0.4, -0.2) is 30.5 Å². The van der Waals surface area contributed by atoms with E-state index in [-0.39, 0.29) is 6.04 Å². The van der Waals surface area contributed by atoms with Crippen molar-refractivity contribution in [2.24, 2.45) is 0 Å². The van der Waals surface area contributed by atoms with Gasteiger partial charge in [0.05, 0.1) is 23.2 Å². The summed E-state index contributed by atoms with van der Waals surface area (Å²) in [4.78, 5) is 1.19. The Hall–Kier alpha value is -0.130. The molecule has 1 fully saturated rings. The lowest BCUT2D eigenvalue weighted by Crippen LogP contribution is -2.33. The highest BCUT2D eigenvalue weighted by Crippen LogP contribution is 2.26. The largest absolute Gasteiger partial charge is 0.389 e. The molecule has 3 nitrogen and oxygen atoms in total. The second-order valence-corrected chi connectivity index (χ2v) is 7.27. The van der Waals surface area contributed by atoms with Gasteiger partial charge in [-0.05, 0) is 31.9 Å². The summed E-state index contributed by atoms with van der Waals surface area (Å²) in [5.74, 6) is 0. The fraction of sp³-hybridized carbons (Fsp3) is 0.733. The van der Waals surface area contributed by atoms with Gasteiger partial charge < -0.3 is 15.2 Å². The Labute approximate surface area is 130 Å². The highest BCUT2D eigenvalue weighted by molar-refractivity contribution is 7.16. The number of ether oxygens (including phenoxy) is 1. The van der Waals surface area contributed by atoms with E-state index in [1.54, 1.807) is 11.3 Å². The van der Waals surface area contributed by atoms with Crippen LogP contribution in [0.5, 0.6) is 0 Å². The van der Waals surface area contributed by atoms with Crippen molar-refractivity contribution in [3.63, 3.8) is 0 Å². The fourth-order valence-electron chi connectivity index (χ4n) is 2.51. The van der Waals surface area contributed by atoms with E-state index in [1.165, 1.54) is 24.1 Å². The second kappa shape index (κ2) is 8.35. The monoisotopic (exact) mass is 317 g/mol. The molecule has 2 N–H and O–H groups in total. The van der Waals surface area contributed by atoms with Crippen molar-refractivity contribution in [1.29, 1.82) is 0 Å². The minimum Gasteiger partial charge on any atom is -0.389 e. The third-order valence-corrected chi connectivity index (χ3v) is 5.17. The summed E-state index contributed by atoms with van der Waals surface area (Å²) in [6, 6.07) is 4.13. The first-order valence-corrected chi connectivity index (χ1v) is 8.63. The lowest BCUT2D eigenvalue weighted by Gasteiger charge is -2.24. The normalized spacial score (nSPS) is 19.9. The summed E-state index contributed by atoms with van der Waals surface area (Å²) in [5.41, 5.74) is 0. The van der Waals surface area contributed by atoms with Crippen molar-refractivity contribution in [2.45, 2.75) is 57.3 Å².